The number of benzene rings is 1. The molecule has 0 bridgehead atoms. The number of amides is 1. The van der Waals surface area contributed by atoms with Crippen LogP contribution in [0.15, 0.2) is 30.5 Å². The van der Waals surface area contributed by atoms with Crippen LogP contribution in [0.2, 0.25) is 0 Å². The minimum absolute atomic E-state index is 0.00329. The van der Waals surface area contributed by atoms with Gasteiger partial charge in [-0.2, -0.15) is 39.5 Å². The summed E-state index contributed by atoms with van der Waals surface area (Å²) in [4.78, 5) is 22.2. The van der Waals surface area contributed by atoms with Crippen LogP contribution < -0.4 is 9.80 Å². The fraction of sp³-hybridized carbons (Fsp3) is 0.613. The van der Waals surface area contributed by atoms with Crippen molar-refractivity contribution in [1.82, 2.24) is 9.88 Å². The predicted octanol–water partition coefficient (Wildman–Crippen LogP) is 8.89. The van der Waals surface area contributed by atoms with Crippen LogP contribution in [0, 0.1) is 0 Å². The van der Waals surface area contributed by atoms with Crippen molar-refractivity contribution in [2.45, 2.75) is 108 Å². The maximum atomic E-state index is 13.9. The molecule has 1 aliphatic carbocycles. The lowest BCUT2D eigenvalue weighted by atomic mass is 9.93. The van der Waals surface area contributed by atoms with E-state index >= 15 is 0 Å². The number of cyclic esters (lactones) is 1. The Balaban J connectivity index is 1.52. The van der Waals surface area contributed by atoms with Gasteiger partial charge in [-0.25, -0.2) is 9.78 Å². The lowest BCUT2D eigenvalue weighted by Crippen LogP contribution is -2.42. The maximum Gasteiger partial charge on any atom is 0.416 e. The first-order valence-corrected chi connectivity index (χ1v) is 15.3. The van der Waals surface area contributed by atoms with E-state index in [-0.39, 0.29) is 37.3 Å². The fourth-order valence-electron chi connectivity index (χ4n) is 6.90. The standard InChI is InChI=1S/C31H35F9N4O2/c1-3-42(23-8-5-4-6-9-23)27-20(14-24(16-41-27)43-11-7-10-25(43)31(38,39)40)17-44-18(2)26(46-28(44)45)19-12-21(29(32,33)34)15-22(13-19)30(35,36)37/h12-16,18,23,25-26H,3-11,17H2,1-2H3. The topological polar surface area (TPSA) is 48.9 Å². The highest BCUT2D eigenvalue weighted by atomic mass is 19.4. The van der Waals surface area contributed by atoms with Gasteiger partial charge in [0.25, 0.3) is 0 Å². The van der Waals surface area contributed by atoms with E-state index in [1.807, 2.05) is 6.92 Å². The fourth-order valence-corrected chi connectivity index (χ4v) is 6.90. The van der Waals surface area contributed by atoms with Crippen molar-refractivity contribution in [1.29, 1.82) is 0 Å². The molecule has 1 aromatic carbocycles. The number of anilines is 2. The van der Waals surface area contributed by atoms with Crippen molar-refractivity contribution in [3.05, 3.63) is 52.7 Å². The van der Waals surface area contributed by atoms with Crippen LogP contribution in [0.4, 0.5) is 55.8 Å². The Morgan fingerprint density at radius 3 is 2.09 bits per heavy atom. The predicted molar refractivity (Wildman–Crippen MR) is 151 cm³/mol. The summed E-state index contributed by atoms with van der Waals surface area (Å²) in [7, 11) is 0. The Morgan fingerprint density at radius 1 is 0.891 bits per heavy atom. The van der Waals surface area contributed by atoms with Gasteiger partial charge in [0.15, 0.2) is 0 Å². The summed E-state index contributed by atoms with van der Waals surface area (Å²) >= 11 is 0. The molecule has 1 aromatic heterocycles. The van der Waals surface area contributed by atoms with Gasteiger partial charge in [0.1, 0.15) is 18.0 Å². The number of ether oxygens (including phenoxy) is 1. The Morgan fingerprint density at radius 2 is 1.52 bits per heavy atom. The third-order valence-electron chi connectivity index (χ3n) is 9.19. The zero-order valence-corrected chi connectivity index (χ0v) is 25.3. The lowest BCUT2D eigenvalue weighted by molar-refractivity contribution is -0.146. The van der Waals surface area contributed by atoms with Crippen molar-refractivity contribution >= 4 is 17.6 Å². The first-order valence-electron chi connectivity index (χ1n) is 15.3. The highest BCUT2D eigenvalue weighted by Crippen LogP contribution is 2.43. The summed E-state index contributed by atoms with van der Waals surface area (Å²) in [5.41, 5.74) is -2.92. The van der Waals surface area contributed by atoms with Crippen molar-refractivity contribution in [3.8, 4) is 0 Å². The maximum absolute atomic E-state index is 13.9. The van der Waals surface area contributed by atoms with E-state index in [4.69, 9.17) is 4.74 Å². The monoisotopic (exact) mass is 666 g/mol. The summed E-state index contributed by atoms with van der Waals surface area (Å²) in [6.45, 7) is 3.80. The average molecular weight is 667 g/mol. The van der Waals surface area contributed by atoms with Crippen molar-refractivity contribution < 1.29 is 49.0 Å². The Kier molecular flexibility index (Phi) is 9.35. The van der Waals surface area contributed by atoms with Crippen LogP contribution in [0.25, 0.3) is 0 Å². The number of hydrogen-bond donors (Lipinski definition) is 0. The minimum Gasteiger partial charge on any atom is -0.439 e. The molecule has 2 aliphatic heterocycles. The number of pyridine rings is 1. The zero-order chi connectivity index (χ0) is 33.6. The largest absolute Gasteiger partial charge is 0.439 e. The van der Waals surface area contributed by atoms with Gasteiger partial charge in [0, 0.05) is 24.7 Å². The Labute approximate surface area is 260 Å². The van der Waals surface area contributed by atoms with Gasteiger partial charge in [-0.05, 0) is 69.4 Å². The minimum atomic E-state index is -5.09. The van der Waals surface area contributed by atoms with E-state index in [0.29, 0.717) is 36.5 Å². The number of rotatable bonds is 7. The molecule has 2 aromatic rings. The van der Waals surface area contributed by atoms with Gasteiger partial charge in [0.2, 0.25) is 0 Å². The first-order chi connectivity index (χ1) is 21.5. The second-order valence-corrected chi connectivity index (χ2v) is 12.2. The second kappa shape index (κ2) is 12.7. The van der Waals surface area contributed by atoms with Crippen LogP contribution in [0.3, 0.4) is 0 Å². The van der Waals surface area contributed by atoms with Gasteiger partial charge in [0.05, 0.1) is 35.6 Å². The highest BCUT2D eigenvalue weighted by molar-refractivity contribution is 5.72. The summed E-state index contributed by atoms with van der Waals surface area (Å²) in [5.74, 6) is 0.461. The molecule has 0 spiro atoms. The zero-order valence-electron chi connectivity index (χ0n) is 25.3. The molecule has 1 saturated carbocycles. The molecule has 46 heavy (non-hydrogen) atoms. The van der Waals surface area contributed by atoms with E-state index in [1.165, 1.54) is 22.9 Å². The molecule has 3 fully saturated rings. The van der Waals surface area contributed by atoms with Crippen molar-refractivity contribution in [2.75, 3.05) is 22.9 Å². The lowest BCUT2D eigenvalue weighted by Gasteiger charge is -2.37. The van der Waals surface area contributed by atoms with Crippen LogP contribution in [-0.2, 0) is 23.6 Å². The van der Waals surface area contributed by atoms with E-state index in [2.05, 4.69) is 9.88 Å². The van der Waals surface area contributed by atoms with E-state index in [9.17, 15) is 44.3 Å². The van der Waals surface area contributed by atoms with Crippen molar-refractivity contribution in [3.63, 3.8) is 0 Å². The van der Waals surface area contributed by atoms with Crippen LogP contribution in [0.1, 0.15) is 87.2 Å². The summed E-state index contributed by atoms with van der Waals surface area (Å²) in [6.07, 6.45) is -10.7. The quantitative estimate of drug-likeness (QED) is 0.277. The smallest absolute Gasteiger partial charge is 0.416 e. The SMILES string of the molecule is CCN(c1ncc(N2CCCC2C(F)(F)F)cc1CN1C(=O)OC(c2cc(C(F)(F)F)cc(C(F)(F)F)c2)C1C)C1CCCCC1. The Bertz CT molecular complexity index is 1370. The molecule has 2 saturated heterocycles. The van der Waals surface area contributed by atoms with Gasteiger partial charge in [-0.1, -0.05) is 19.3 Å². The third-order valence-corrected chi connectivity index (χ3v) is 9.19. The molecule has 3 heterocycles. The molecule has 3 unspecified atom stereocenters. The molecule has 1 amide bonds. The summed E-state index contributed by atoms with van der Waals surface area (Å²) < 4.78 is 128. The number of carbonyl (C=O) groups excluding carboxylic acids is 1. The van der Waals surface area contributed by atoms with Crippen LogP contribution in [-0.4, -0.2) is 53.4 Å². The number of alkyl halides is 9. The van der Waals surface area contributed by atoms with E-state index < -0.39 is 59.5 Å². The van der Waals surface area contributed by atoms with Gasteiger partial charge in [-0.15, -0.1) is 0 Å². The molecular formula is C31H35F9N4O2. The number of carbonyl (C=O) groups is 1. The van der Waals surface area contributed by atoms with E-state index in [1.54, 1.807) is 6.07 Å². The van der Waals surface area contributed by atoms with Crippen molar-refractivity contribution in [2.24, 2.45) is 0 Å². The molecule has 0 radical (unpaired) electrons. The molecule has 5 rings (SSSR count). The number of hydrogen-bond acceptors (Lipinski definition) is 5. The van der Waals surface area contributed by atoms with Gasteiger partial charge >= 0.3 is 24.6 Å². The molecule has 6 nitrogen and oxygen atoms in total. The molecule has 254 valence electrons. The molecule has 15 heteroatoms. The highest BCUT2D eigenvalue weighted by Gasteiger charge is 2.47. The molecular weight excluding hydrogens is 631 g/mol. The second-order valence-electron chi connectivity index (χ2n) is 12.2. The van der Waals surface area contributed by atoms with Crippen LogP contribution in [0.5, 0.6) is 0 Å². The van der Waals surface area contributed by atoms with Gasteiger partial charge < -0.3 is 14.5 Å². The summed E-state index contributed by atoms with van der Waals surface area (Å²) in [5, 5.41) is 0. The molecule has 3 aliphatic rings. The third kappa shape index (κ3) is 6.97. The van der Waals surface area contributed by atoms with Crippen LogP contribution >= 0.6 is 0 Å². The molecule has 3 atom stereocenters. The average Bonchev–Trinajstić information content (AvgIpc) is 3.59. The Hall–Kier alpha value is -3.39. The molecule has 0 N–H and O–H groups in total. The summed E-state index contributed by atoms with van der Waals surface area (Å²) in [6, 6.07) is -0.000985. The number of nitrogens with zero attached hydrogens (tertiary/aromatic N) is 4. The number of halogens is 9. The van der Waals surface area contributed by atoms with Gasteiger partial charge in [-0.3, -0.25) is 4.90 Å². The number of aromatic nitrogens is 1. The first kappa shape index (κ1) is 34.0. The van der Waals surface area contributed by atoms with E-state index in [0.717, 1.165) is 32.1 Å². The normalized spacial score (nSPS) is 23.3.